The maximum absolute atomic E-state index is 11.5. The molecule has 0 N–H and O–H groups in total. The summed E-state index contributed by atoms with van der Waals surface area (Å²) in [6.45, 7) is 3.84. The quantitative estimate of drug-likeness (QED) is 0.598. The first-order chi connectivity index (χ1) is 5.61. The van der Waals surface area contributed by atoms with Crippen LogP contribution in [0, 0.1) is 9.49 Å². The summed E-state index contributed by atoms with van der Waals surface area (Å²) < 4.78 is 1.11. The van der Waals surface area contributed by atoms with Crippen molar-refractivity contribution in [2.24, 2.45) is 5.92 Å². The number of benzene rings is 1. The second-order valence-electron chi connectivity index (χ2n) is 3.03. The molecule has 2 heteroatoms. The normalized spacial score (nSPS) is 10.3. The van der Waals surface area contributed by atoms with Gasteiger partial charge in [0, 0.05) is 15.1 Å². The van der Waals surface area contributed by atoms with Gasteiger partial charge in [-0.1, -0.05) is 26.0 Å². The molecular weight excluding hydrogens is 263 g/mol. The highest BCUT2D eigenvalue weighted by Crippen LogP contribution is 2.11. The van der Waals surface area contributed by atoms with Crippen LogP contribution < -0.4 is 0 Å². The zero-order chi connectivity index (χ0) is 9.14. The molecule has 0 heterocycles. The van der Waals surface area contributed by atoms with Crippen LogP contribution in [0.5, 0.6) is 0 Å². The summed E-state index contributed by atoms with van der Waals surface area (Å²) in [5, 5.41) is 0. The number of hydrogen-bond donors (Lipinski definition) is 0. The highest BCUT2D eigenvalue weighted by Gasteiger charge is 2.09. The van der Waals surface area contributed by atoms with Crippen molar-refractivity contribution in [1.29, 1.82) is 0 Å². The van der Waals surface area contributed by atoms with Crippen molar-refractivity contribution in [3.63, 3.8) is 0 Å². The van der Waals surface area contributed by atoms with Gasteiger partial charge in [-0.05, 0) is 34.7 Å². The Morgan fingerprint density at radius 3 is 2.58 bits per heavy atom. The Bertz CT molecular complexity index is 292. The summed E-state index contributed by atoms with van der Waals surface area (Å²) in [7, 11) is 0. The minimum Gasteiger partial charge on any atom is -0.294 e. The third-order valence-corrected chi connectivity index (χ3v) is 2.30. The van der Waals surface area contributed by atoms with Crippen LogP contribution in [0.1, 0.15) is 24.2 Å². The zero-order valence-electron chi connectivity index (χ0n) is 7.17. The van der Waals surface area contributed by atoms with E-state index >= 15 is 0 Å². The van der Waals surface area contributed by atoms with Crippen molar-refractivity contribution in [2.45, 2.75) is 13.8 Å². The number of rotatable bonds is 2. The highest BCUT2D eigenvalue weighted by atomic mass is 127. The lowest BCUT2D eigenvalue weighted by atomic mass is 10.0. The van der Waals surface area contributed by atoms with Crippen molar-refractivity contribution < 1.29 is 4.79 Å². The highest BCUT2D eigenvalue weighted by molar-refractivity contribution is 14.1. The Labute approximate surface area is 86.3 Å². The molecule has 0 saturated heterocycles. The van der Waals surface area contributed by atoms with Crippen LogP contribution in [0.2, 0.25) is 0 Å². The molecule has 1 nitrogen and oxygen atoms in total. The molecule has 0 amide bonds. The Kier molecular flexibility index (Phi) is 3.26. The standard InChI is InChI=1S/C10H11IO/c1-7(2)10(12)8-4-3-5-9(11)6-8/h3-7H,1-2H3. The van der Waals surface area contributed by atoms with Gasteiger partial charge in [-0.2, -0.15) is 0 Å². The molecule has 0 aromatic heterocycles. The number of carbonyl (C=O) groups is 1. The van der Waals surface area contributed by atoms with Crippen LogP contribution >= 0.6 is 22.6 Å². The smallest absolute Gasteiger partial charge is 0.165 e. The first-order valence-corrected chi connectivity index (χ1v) is 4.99. The molecule has 1 aromatic carbocycles. The second kappa shape index (κ2) is 4.03. The average Bonchev–Trinajstić information content (AvgIpc) is 2.03. The number of ketones is 1. The van der Waals surface area contributed by atoms with E-state index < -0.39 is 0 Å². The van der Waals surface area contributed by atoms with E-state index in [2.05, 4.69) is 22.6 Å². The van der Waals surface area contributed by atoms with Gasteiger partial charge in [0.25, 0.3) is 0 Å². The first kappa shape index (κ1) is 9.71. The van der Waals surface area contributed by atoms with Gasteiger partial charge in [0.05, 0.1) is 0 Å². The van der Waals surface area contributed by atoms with Gasteiger partial charge >= 0.3 is 0 Å². The number of hydrogen-bond acceptors (Lipinski definition) is 1. The van der Waals surface area contributed by atoms with Gasteiger partial charge < -0.3 is 0 Å². The lowest BCUT2D eigenvalue weighted by Gasteiger charge is -2.03. The third kappa shape index (κ3) is 2.30. The number of Topliss-reactive ketones (excluding diaryl/α,β-unsaturated/α-hetero) is 1. The molecule has 0 unspecified atom stereocenters. The van der Waals surface area contributed by atoms with E-state index in [1.807, 2.05) is 38.1 Å². The van der Waals surface area contributed by atoms with Crippen molar-refractivity contribution >= 4 is 28.4 Å². The Morgan fingerprint density at radius 2 is 2.08 bits per heavy atom. The third-order valence-electron chi connectivity index (χ3n) is 1.63. The fourth-order valence-electron chi connectivity index (χ4n) is 0.975. The molecule has 0 spiro atoms. The summed E-state index contributed by atoms with van der Waals surface area (Å²) in [5.41, 5.74) is 0.817. The van der Waals surface area contributed by atoms with Gasteiger partial charge in [-0.3, -0.25) is 4.79 Å². The lowest BCUT2D eigenvalue weighted by Crippen LogP contribution is -2.07. The zero-order valence-corrected chi connectivity index (χ0v) is 9.33. The summed E-state index contributed by atoms with van der Waals surface area (Å²) in [6, 6.07) is 7.68. The molecule has 1 rings (SSSR count). The fourth-order valence-corrected chi connectivity index (χ4v) is 1.52. The molecule has 0 aliphatic carbocycles. The molecule has 0 bridgehead atoms. The topological polar surface area (TPSA) is 17.1 Å². The summed E-state index contributed by atoms with van der Waals surface area (Å²) in [6.07, 6.45) is 0. The van der Waals surface area contributed by atoms with Gasteiger partial charge in [0.15, 0.2) is 5.78 Å². The Balaban J connectivity index is 2.96. The summed E-state index contributed by atoms with van der Waals surface area (Å²) in [4.78, 5) is 11.5. The van der Waals surface area contributed by atoms with E-state index in [0.717, 1.165) is 9.13 Å². The largest absolute Gasteiger partial charge is 0.294 e. The van der Waals surface area contributed by atoms with Crippen LogP contribution in [0.3, 0.4) is 0 Å². The maximum atomic E-state index is 11.5. The number of halogens is 1. The molecule has 1 aromatic rings. The maximum Gasteiger partial charge on any atom is 0.165 e. The minimum atomic E-state index is 0.0863. The monoisotopic (exact) mass is 274 g/mol. The van der Waals surface area contributed by atoms with Crippen molar-refractivity contribution in [1.82, 2.24) is 0 Å². The molecule has 0 radical (unpaired) electrons. The van der Waals surface area contributed by atoms with Crippen LogP contribution in [-0.4, -0.2) is 5.78 Å². The van der Waals surface area contributed by atoms with Gasteiger partial charge in [-0.25, -0.2) is 0 Å². The average molecular weight is 274 g/mol. The van der Waals surface area contributed by atoms with E-state index in [-0.39, 0.29) is 11.7 Å². The van der Waals surface area contributed by atoms with Gasteiger partial charge in [0.2, 0.25) is 0 Å². The summed E-state index contributed by atoms with van der Waals surface area (Å²) in [5.74, 6) is 0.303. The van der Waals surface area contributed by atoms with E-state index in [4.69, 9.17) is 0 Å². The van der Waals surface area contributed by atoms with Crippen LogP contribution in [-0.2, 0) is 0 Å². The van der Waals surface area contributed by atoms with Crippen LogP contribution in [0.4, 0.5) is 0 Å². The predicted octanol–water partition coefficient (Wildman–Crippen LogP) is 3.13. The Hall–Kier alpha value is -0.380. The van der Waals surface area contributed by atoms with Crippen LogP contribution in [0.25, 0.3) is 0 Å². The fraction of sp³-hybridized carbons (Fsp3) is 0.300. The molecule has 0 fully saturated rings. The molecule has 0 aliphatic rings. The molecule has 64 valence electrons. The Morgan fingerprint density at radius 1 is 1.42 bits per heavy atom. The SMILES string of the molecule is CC(C)C(=O)c1cccc(I)c1. The lowest BCUT2D eigenvalue weighted by molar-refractivity contribution is 0.0939. The minimum absolute atomic E-state index is 0.0863. The van der Waals surface area contributed by atoms with E-state index in [9.17, 15) is 4.79 Å². The van der Waals surface area contributed by atoms with Gasteiger partial charge in [0.1, 0.15) is 0 Å². The second-order valence-corrected chi connectivity index (χ2v) is 4.27. The molecule has 12 heavy (non-hydrogen) atoms. The molecular formula is C10H11IO. The van der Waals surface area contributed by atoms with Crippen molar-refractivity contribution in [3.05, 3.63) is 33.4 Å². The molecule has 0 aliphatic heterocycles. The van der Waals surface area contributed by atoms with Gasteiger partial charge in [-0.15, -0.1) is 0 Å². The summed E-state index contributed by atoms with van der Waals surface area (Å²) >= 11 is 2.21. The predicted molar refractivity (Wildman–Crippen MR) is 58.3 cm³/mol. The van der Waals surface area contributed by atoms with Crippen molar-refractivity contribution in [3.8, 4) is 0 Å². The number of carbonyl (C=O) groups excluding carboxylic acids is 1. The van der Waals surface area contributed by atoms with Crippen molar-refractivity contribution in [2.75, 3.05) is 0 Å². The van der Waals surface area contributed by atoms with E-state index in [0.29, 0.717) is 0 Å². The van der Waals surface area contributed by atoms with E-state index in [1.165, 1.54) is 0 Å². The molecule has 0 saturated carbocycles. The first-order valence-electron chi connectivity index (χ1n) is 3.91. The molecule has 0 atom stereocenters. The van der Waals surface area contributed by atoms with Crippen LogP contribution in [0.15, 0.2) is 24.3 Å². The van der Waals surface area contributed by atoms with E-state index in [1.54, 1.807) is 0 Å².